The number of carbonyl (C=O) groups excluding carboxylic acids is 1. The first-order valence-electron chi connectivity index (χ1n) is 8.39. The fraction of sp³-hybridized carbons (Fsp3) is 0.500. The van der Waals surface area contributed by atoms with Gasteiger partial charge >= 0.3 is 0 Å². The van der Waals surface area contributed by atoms with Crippen LogP contribution in [-0.4, -0.2) is 34.6 Å². The molecule has 23 heavy (non-hydrogen) atoms. The van der Waals surface area contributed by atoms with Crippen molar-refractivity contribution in [3.8, 4) is 0 Å². The first-order valence-corrected chi connectivity index (χ1v) is 8.39. The maximum atomic E-state index is 12.4. The maximum Gasteiger partial charge on any atom is 0.276 e. The predicted octanol–water partition coefficient (Wildman–Crippen LogP) is 3.43. The van der Waals surface area contributed by atoms with Crippen LogP contribution in [0.25, 0.3) is 10.9 Å². The maximum absolute atomic E-state index is 12.4. The van der Waals surface area contributed by atoms with Gasteiger partial charge in [0.05, 0.1) is 11.2 Å². The van der Waals surface area contributed by atoms with Crippen molar-refractivity contribution >= 4 is 22.5 Å². The number of aromatic nitrogens is 2. The standard InChI is InChI=1S/C18H26N4O/c1-4-6-7-9-13-10-8-11-14-15(19)17(21-20-16(13)14)18(23)22(3)12-5-2/h8,10-11H,4-7,9,12H2,1-3H3,(H2,19,20). The van der Waals surface area contributed by atoms with E-state index in [-0.39, 0.29) is 11.6 Å². The van der Waals surface area contributed by atoms with Crippen molar-refractivity contribution < 1.29 is 4.79 Å². The van der Waals surface area contributed by atoms with Crippen molar-refractivity contribution in [1.29, 1.82) is 0 Å². The summed E-state index contributed by atoms with van der Waals surface area (Å²) in [5.41, 5.74) is 8.87. The van der Waals surface area contributed by atoms with E-state index in [1.165, 1.54) is 12.8 Å². The molecule has 0 atom stereocenters. The summed E-state index contributed by atoms with van der Waals surface area (Å²) in [5.74, 6) is -0.171. The lowest BCUT2D eigenvalue weighted by atomic mass is 10.0. The molecule has 0 spiro atoms. The highest BCUT2D eigenvalue weighted by molar-refractivity contribution is 6.04. The van der Waals surface area contributed by atoms with Crippen LogP contribution in [0.5, 0.6) is 0 Å². The van der Waals surface area contributed by atoms with Crippen LogP contribution >= 0.6 is 0 Å². The van der Waals surface area contributed by atoms with Crippen LogP contribution in [0, 0.1) is 0 Å². The molecule has 1 heterocycles. The molecule has 0 unspecified atom stereocenters. The molecule has 0 aliphatic rings. The second kappa shape index (κ2) is 7.90. The van der Waals surface area contributed by atoms with E-state index in [2.05, 4.69) is 23.2 Å². The Morgan fingerprint density at radius 1 is 1.17 bits per heavy atom. The lowest BCUT2D eigenvalue weighted by Gasteiger charge is -2.17. The third kappa shape index (κ3) is 3.78. The van der Waals surface area contributed by atoms with Gasteiger partial charge in [0.25, 0.3) is 5.91 Å². The van der Waals surface area contributed by atoms with Gasteiger partial charge in [-0.2, -0.15) is 0 Å². The third-order valence-corrected chi connectivity index (χ3v) is 4.07. The van der Waals surface area contributed by atoms with E-state index in [4.69, 9.17) is 5.73 Å². The predicted molar refractivity (Wildman–Crippen MR) is 94.4 cm³/mol. The fourth-order valence-electron chi connectivity index (χ4n) is 2.75. The van der Waals surface area contributed by atoms with Crippen molar-refractivity contribution in [3.05, 3.63) is 29.5 Å². The second-order valence-corrected chi connectivity index (χ2v) is 5.96. The number of rotatable bonds is 7. The number of carbonyl (C=O) groups is 1. The minimum atomic E-state index is -0.171. The largest absolute Gasteiger partial charge is 0.396 e. The van der Waals surface area contributed by atoms with Gasteiger partial charge in [0.15, 0.2) is 5.69 Å². The Morgan fingerprint density at radius 2 is 1.96 bits per heavy atom. The topological polar surface area (TPSA) is 72.1 Å². The van der Waals surface area contributed by atoms with E-state index in [9.17, 15) is 4.79 Å². The number of amides is 1. The monoisotopic (exact) mass is 314 g/mol. The van der Waals surface area contributed by atoms with Gasteiger partial charge < -0.3 is 10.6 Å². The molecule has 2 aromatic rings. The third-order valence-electron chi connectivity index (χ3n) is 4.07. The highest BCUT2D eigenvalue weighted by Crippen LogP contribution is 2.25. The molecule has 1 amide bonds. The van der Waals surface area contributed by atoms with Crippen molar-refractivity contribution in [2.24, 2.45) is 0 Å². The highest BCUT2D eigenvalue weighted by Gasteiger charge is 2.19. The van der Waals surface area contributed by atoms with Crippen molar-refractivity contribution in [2.75, 3.05) is 19.3 Å². The van der Waals surface area contributed by atoms with Gasteiger partial charge in [0.1, 0.15) is 0 Å². The number of fused-ring (bicyclic) bond motifs is 1. The number of hydrogen-bond acceptors (Lipinski definition) is 4. The summed E-state index contributed by atoms with van der Waals surface area (Å²) in [5, 5.41) is 9.26. The lowest BCUT2D eigenvalue weighted by Crippen LogP contribution is -2.29. The summed E-state index contributed by atoms with van der Waals surface area (Å²) >= 11 is 0. The first-order chi connectivity index (χ1) is 11.1. The molecule has 2 N–H and O–H groups in total. The molecule has 5 heteroatoms. The van der Waals surface area contributed by atoms with E-state index in [0.29, 0.717) is 12.2 Å². The van der Waals surface area contributed by atoms with Crippen LogP contribution in [-0.2, 0) is 6.42 Å². The van der Waals surface area contributed by atoms with E-state index in [1.54, 1.807) is 11.9 Å². The van der Waals surface area contributed by atoms with E-state index in [0.717, 1.165) is 35.7 Å². The molecule has 5 nitrogen and oxygen atoms in total. The van der Waals surface area contributed by atoms with E-state index < -0.39 is 0 Å². The van der Waals surface area contributed by atoms with Crippen LogP contribution in [0.4, 0.5) is 5.69 Å². The number of nitrogen functional groups attached to an aromatic ring is 1. The SMILES string of the molecule is CCCCCc1cccc2c(N)c(C(=O)N(C)CCC)nnc12. The Hall–Kier alpha value is -2.17. The summed E-state index contributed by atoms with van der Waals surface area (Å²) in [7, 11) is 1.76. The van der Waals surface area contributed by atoms with Crippen LogP contribution in [0.3, 0.4) is 0 Å². The average Bonchev–Trinajstić information content (AvgIpc) is 2.55. The number of benzene rings is 1. The Morgan fingerprint density at radius 3 is 2.65 bits per heavy atom. The van der Waals surface area contributed by atoms with Crippen LogP contribution in [0.2, 0.25) is 0 Å². The molecule has 124 valence electrons. The molecule has 0 saturated carbocycles. The summed E-state index contributed by atoms with van der Waals surface area (Å²) in [6, 6.07) is 5.96. The zero-order valence-corrected chi connectivity index (χ0v) is 14.3. The van der Waals surface area contributed by atoms with Gasteiger partial charge in [-0.25, -0.2) is 0 Å². The van der Waals surface area contributed by atoms with Crippen molar-refractivity contribution in [3.63, 3.8) is 0 Å². The minimum Gasteiger partial charge on any atom is -0.396 e. The molecular formula is C18H26N4O. The number of nitrogens with zero attached hydrogens (tertiary/aromatic N) is 3. The number of nitrogens with two attached hydrogens (primary N) is 1. The van der Waals surface area contributed by atoms with Gasteiger partial charge in [0.2, 0.25) is 0 Å². The molecule has 0 aliphatic heterocycles. The second-order valence-electron chi connectivity index (χ2n) is 5.96. The van der Waals surface area contributed by atoms with Gasteiger partial charge in [-0.1, -0.05) is 44.9 Å². The van der Waals surface area contributed by atoms with Crippen LogP contribution < -0.4 is 5.73 Å². The Labute approximate surface area is 137 Å². The Balaban J connectivity index is 2.37. The summed E-state index contributed by atoms with van der Waals surface area (Å²) in [4.78, 5) is 14.1. The zero-order chi connectivity index (χ0) is 16.8. The van der Waals surface area contributed by atoms with Gasteiger partial charge in [-0.05, 0) is 24.8 Å². The van der Waals surface area contributed by atoms with Gasteiger partial charge in [0, 0.05) is 19.0 Å². The van der Waals surface area contributed by atoms with Crippen LogP contribution in [0.15, 0.2) is 18.2 Å². The molecule has 0 fully saturated rings. The smallest absolute Gasteiger partial charge is 0.276 e. The van der Waals surface area contributed by atoms with Crippen LogP contribution in [0.1, 0.15) is 55.6 Å². The van der Waals surface area contributed by atoms with E-state index in [1.807, 2.05) is 19.1 Å². The zero-order valence-electron chi connectivity index (χ0n) is 14.3. The summed E-state index contributed by atoms with van der Waals surface area (Å²) < 4.78 is 0. The average molecular weight is 314 g/mol. The highest BCUT2D eigenvalue weighted by atomic mass is 16.2. The Kier molecular flexibility index (Phi) is 5.90. The molecule has 0 bridgehead atoms. The lowest BCUT2D eigenvalue weighted by molar-refractivity contribution is 0.0789. The molecule has 0 aliphatic carbocycles. The minimum absolute atomic E-state index is 0.171. The Bertz CT molecular complexity index is 684. The van der Waals surface area contributed by atoms with Gasteiger partial charge in [-0.3, -0.25) is 4.79 Å². The summed E-state index contributed by atoms with van der Waals surface area (Å²) in [6.45, 7) is 4.89. The summed E-state index contributed by atoms with van der Waals surface area (Å²) in [6.07, 6.45) is 5.35. The quantitative estimate of drug-likeness (QED) is 0.795. The van der Waals surface area contributed by atoms with E-state index >= 15 is 0 Å². The van der Waals surface area contributed by atoms with Crippen molar-refractivity contribution in [2.45, 2.75) is 46.0 Å². The fourth-order valence-corrected chi connectivity index (χ4v) is 2.75. The molecule has 2 rings (SSSR count). The molecule has 0 saturated heterocycles. The molecular weight excluding hydrogens is 288 g/mol. The normalized spacial score (nSPS) is 10.9. The number of anilines is 1. The number of aryl methyl sites for hydroxylation is 1. The first kappa shape index (κ1) is 17.2. The molecule has 1 aromatic carbocycles. The number of unbranched alkanes of at least 4 members (excludes halogenated alkanes) is 2. The van der Waals surface area contributed by atoms with Gasteiger partial charge in [-0.15, -0.1) is 10.2 Å². The number of hydrogen-bond donors (Lipinski definition) is 1. The molecule has 0 radical (unpaired) electrons. The van der Waals surface area contributed by atoms with Crippen molar-refractivity contribution in [1.82, 2.24) is 15.1 Å². The molecule has 1 aromatic heterocycles.